The van der Waals surface area contributed by atoms with Crippen LogP contribution < -0.4 is 5.73 Å². The Balaban J connectivity index is 3.10. The van der Waals surface area contributed by atoms with E-state index in [2.05, 4.69) is 0 Å². The molecule has 0 aromatic heterocycles. The van der Waals surface area contributed by atoms with Gasteiger partial charge in [0.15, 0.2) is 0 Å². The molecule has 0 heterocycles. The lowest BCUT2D eigenvalue weighted by Gasteiger charge is -2.19. The average Bonchev–Trinajstić information content (AvgIpc) is 2.32. The first-order chi connectivity index (χ1) is 8.67. The Morgan fingerprint density at radius 1 is 1.32 bits per heavy atom. The third-order valence-corrected chi connectivity index (χ3v) is 5.55. The molecule has 0 aliphatic rings. The van der Waals surface area contributed by atoms with Crippen molar-refractivity contribution in [1.82, 2.24) is 4.31 Å². The van der Waals surface area contributed by atoms with E-state index >= 15 is 0 Å². The number of anilines is 1. The van der Waals surface area contributed by atoms with Crippen LogP contribution in [0.2, 0.25) is 10.0 Å². The summed E-state index contributed by atoms with van der Waals surface area (Å²) in [5.74, 6) is 0.420. The van der Waals surface area contributed by atoms with Crippen molar-refractivity contribution >= 4 is 38.9 Å². The van der Waals surface area contributed by atoms with Crippen molar-refractivity contribution in [2.75, 3.05) is 19.3 Å². The molecule has 19 heavy (non-hydrogen) atoms. The van der Waals surface area contributed by atoms with Gasteiger partial charge in [0, 0.05) is 13.6 Å². The summed E-state index contributed by atoms with van der Waals surface area (Å²) in [6, 6.07) is 2.81. The molecule has 0 radical (unpaired) electrons. The van der Waals surface area contributed by atoms with Crippen molar-refractivity contribution in [1.29, 1.82) is 0 Å². The van der Waals surface area contributed by atoms with Crippen LogP contribution in [0.25, 0.3) is 0 Å². The Morgan fingerprint density at radius 3 is 2.42 bits per heavy atom. The normalized spacial score (nSPS) is 12.4. The minimum atomic E-state index is -3.64. The van der Waals surface area contributed by atoms with E-state index in [9.17, 15) is 8.42 Å². The maximum atomic E-state index is 12.4. The van der Waals surface area contributed by atoms with Crippen molar-refractivity contribution in [3.8, 4) is 0 Å². The first-order valence-electron chi connectivity index (χ1n) is 5.87. The average molecular weight is 325 g/mol. The Hall–Kier alpha value is -0.490. The predicted octanol–water partition coefficient (Wildman–Crippen LogP) is 3.24. The highest BCUT2D eigenvalue weighted by Crippen LogP contribution is 2.34. The predicted molar refractivity (Wildman–Crippen MR) is 80.1 cm³/mol. The minimum Gasteiger partial charge on any atom is -0.396 e. The van der Waals surface area contributed by atoms with Crippen LogP contribution in [0.4, 0.5) is 5.69 Å². The van der Waals surface area contributed by atoms with Crippen LogP contribution in [-0.2, 0) is 10.0 Å². The van der Waals surface area contributed by atoms with E-state index in [1.54, 1.807) is 0 Å². The van der Waals surface area contributed by atoms with Gasteiger partial charge in [0.25, 0.3) is 0 Å². The molecule has 0 amide bonds. The molecule has 2 N–H and O–H groups in total. The van der Waals surface area contributed by atoms with Gasteiger partial charge in [0.1, 0.15) is 4.90 Å². The number of benzene rings is 1. The van der Waals surface area contributed by atoms with E-state index in [0.717, 1.165) is 6.42 Å². The number of hydrogen-bond acceptors (Lipinski definition) is 3. The van der Waals surface area contributed by atoms with E-state index in [1.165, 1.54) is 23.5 Å². The Kier molecular flexibility index (Phi) is 5.50. The highest BCUT2D eigenvalue weighted by Gasteiger charge is 2.25. The first-order valence-corrected chi connectivity index (χ1v) is 8.07. The maximum absolute atomic E-state index is 12.4. The van der Waals surface area contributed by atoms with Crippen molar-refractivity contribution in [3.63, 3.8) is 0 Å². The molecule has 0 aliphatic carbocycles. The molecule has 0 saturated heterocycles. The number of nitrogen functional groups attached to an aromatic ring is 1. The van der Waals surface area contributed by atoms with Gasteiger partial charge >= 0.3 is 0 Å². The van der Waals surface area contributed by atoms with Gasteiger partial charge in [-0.15, -0.1) is 0 Å². The lowest BCUT2D eigenvalue weighted by atomic mass is 10.1. The standard InChI is InChI=1S/C12H18Cl2N2O2S/c1-8(2)6-7-16(3)19(17,18)10-5-4-9(13)12(15)11(10)14/h4-5,8H,6-7,15H2,1-3H3. The highest BCUT2D eigenvalue weighted by molar-refractivity contribution is 7.89. The van der Waals surface area contributed by atoms with E-state index in [-0.39, 0.29) is 20.6 Å². The smallest absolute Gasteiger partial charge is 0.244 e. The summed E-state index contributed by atoms with van der Waals surface area (Å²) >= 11 is 11.8. The quantitative estimate of drug-likeness (QED) is 0.845. The number of nitrogens with two attached hydrogens (primary N) is 1. The lowest BCUT2D eigenvalue weighted by molar-refractivity contribution is 0.428. The highest BCUT2D eigenvalue weighted by atomic mass is 35.5. The Morgan fingerprint density at radius 2 is 1.89 bits per heavy atom. The Labute approximate surface area is 124 Å². The van der Waals surface area contributed by atoms with Gasteiger partial charge in [0.05, 0.1) is 15.7 Å². The van der Waals surface area contributed by atoms with Crippen LogP contribution in [0.3, 0.4) is 0 Å². The summed E-state index contributed by atoms with van der Waals surface area (Å²) in [5.41, 5.74) is 5.74. The minimum absolute atomic E-state index is 0.0117. The van der Waals surface area contributed by atoms with Crippen LogP contribution in [0, 0.1) is 5.92 Å². The number of nitrogens with zero attached hydrogens (tertiary/aromatic N) is 1. The number of halogens is 2. The number of sulfonamides is 1. The largest absolute Gasteiger partial charge is 0.396 e. The number of rotatable bonds is 5. The third kappa shape index (κ3) is 3.75. The molecular weight excluding hydrogens is 307 g/mol. The lowest BCUT2D eigenvalue weighted by Crippen LogP contribution is -2.29. The van der Waals surface area contributed by atoms with E-state index in [4.69, 9.17) is 28.9 Å². The molecule has 1 rings (SSSR count). The summed E-state index contributed by atoms with van der Waals surface area (Å²) in [5, 5.41) is 0.220. The zero-order chi connectivity index (χ0) is 14.8. The van der Waals surface area contributed by atoms with Crippen molar-refractivity contribution in [3.05, 3.63) is 22.2 Å². The zero-order valence-electron chi connectivity index (χ0n) is 11.2. The van der Waals surface area contributed by atoms with Gasteiger partial charge in [-0.1, -0.05) is 37.0 Å². The van der Waals surface area contributed by atoms with Crippen LogP contribution in [-0.4, -0.2) is 26.3 Å². The summed E-state index contributed by atoms with van der Waals surface area (Å²) in [6.07, 6.45) is 0.774. The maximum Gasteiger partial charge on any atom is 0.244 e. The van der Waals surface area contributed by atoms with Gasteiger partial charge in [-0.05, 0) is 24.5 Å². The van der Waals surface area contributed by atoms with Crippen molar-refractivity contribution in [2.24, 2.45) is 5.92 Å². The molecule has 0 fully saturated rings. The van der Waals surface area contributed by atoms with E-state index < -0.39 is 10.0 Å². The second kappa shape index (κ2) is 6.31. The third-order valence-electron chi connectivity index (χ3n) is 2.80. The fraction of sp³-hybridized carbons (Fsp3) is 0.500. The molecule has 0 aliphatic heterocycles. The second-order valence-electron chi connectivity index (χ2n) is 4.78. The Bertz CT molecular complexity index is 559. The van der Waals surface area contributed by atoms with Gasteiger partial charge < -0.3 is 5.73 Å². The molecule has 0 saturated carbocycles. The van der Waals surface area contributed by atoms with Crippen LogP contribution in [0.1, 0.15) is 20.3 Å². The molecule has 4 nitrogen and oxygen atoms in total. The monoisotopic (exact) mass is 324 g/mol. The fourth-order valence-electron chi connectivity index (χ4n) is 1.48. The topological polar surface area (TPSA) is 63.4 Å². The molecule has 0 bridgehead atoms. The first kappa shape index (κ1) is 16.6. The van der Waals surface area contributed by atoms with Gasteiger partial charge in [-0.2, -0.15) is 0 Å². The summed E-state index contributed by atoms with van der Waals surface area (Å²) in [4.78, 5) is -0.0117. The molecule has 0 unspecified atom stereocenters. The van der Waals surface area contributed by atoms with Gasteiger partial charge in [-0.3, -0.25) is 0 Å². The molecule has 7 heteroatoms. The zero-order valence-corrected chi connectivity index (χ0v) is 13.5. The summed E-state index contributed by atoms with van der Waals surface area (Å²) < 4.78 is 26.0. The van der Waals surface area contributed by atoms with Crippen molar-refractivity contribution < 1.29 is 8.42 Å². The molecular formula is C12H18Cl2N2O2S. The van der Waals surface area contributed by atoms with E-state index in [1.807, 2.05) is 13.8 Å². The molecule has 1 aromatic rings. The van der Waals surface area contributed by atoms with Crippen molar-refractivity contribution in [2.45, 2.75) is 25.2 Å². The SMILES string of the molecule is CC(C)CCN(C)S(=O)(=O)c1ccc(Cl)c(N)c1Cl. The molecule has 0 atom stereocenters. The van der Waals surface area contributed by atoms with E-state index in [0.29, 0.717) is 12.5 Å². The number of hydrogen-bond donors (Lipinski definition) is 1. The van der Waals surface area contributed by atoms with Crippen LogP contribution in [0.5, 0.6) is 0 Å². The molecule has 108 valence electrons. The summed E-state index contributed by atoms with van der Waals surface area (Å²) in [7, 11) is -2.12. The van der Waals surface area contributed by atoms with Gasteiger partial charge in [-0.25, -0.2) is 12.7 Å². The fourth-order valence-corrected chi connectivity index (χ4v) is 3.40. The van der Waals surface area contributed by atoms with Gasteiger partial charge in [0.2, 0.25) is 10.0 Å². The molecule has 1 aromatic carbocycles. The molecule has 0 spiro atoms. The van der Waals surface area contributed by atoms with Crippen LogP contribution in [0.15, 0.2) is 17.0 Å². The second-order valence-corrected chi connectivity index (χ2v) is 7.58. The summed E-state index contributed by atoms with van der Waals surface area (Å²) in [6.45, 7) is 4.50. The van der Waals surface area contributed by atoms with Crippen LogP contribution >= 0.6 is 23.2 Å².